The summed E-state index contributed by atoms with van der Waals surface area (Å²) >= 11 is 0. The number of allylic oxidation sites excluding steroid dienone is 1. The van der Waals surface area contributed by atoms with Crippen LogP contribution >= 0.6 is 0 Å². The number of pyridine rings is 2. The third kappa shape index (κ3) is 6.82. The highest BCUT2D eigenvalue weighted by Crippen LogP contribution is 2.23. The lowest BCUT2D eigenvalue weighted by Gasteiger charge is -2.13. The molecule has 0 atom stereocenters. The van der Waals surface area contributed by atoms with Crippen LogP contribution in [0.1, 0.15) is 51.5 Å². The summed E-state index contributed by atoms with van der Waals surface area (Å²) in [4.78, 5) is 29.2. The molecule has 4 aromatic rings. The van der Waals surface area contributed by atoms with E-state index in [1.165, 1.54) is 0 Å². The van der Waals surface area contributed by atoms with Crippen molar-refractivity contribution in [3.8, 4) is 5.75 Å². The Morgan fingerprint density at radius 1 is 1.00 bits per heavy atom. The highest BCUT2D eigenvalue weighted by Gasteiger charge is 2.11. The first-order valence-electron chi connectivity index (χ1n) is 12.4. The summed E-state index contributed by atoms with van der Waals surface area (Å²) in [6.07, 6.45) is 8.71. The maximum absolute atomic E-state index is 12.9. The van der Waals surface area contributed by atoms with Gasteiger partial charge in [0.25, 0.3) is 11.5 Å². The number of hydrogen-bond acceptors (Lipinski definition) is 4. The summed E-state index contributed by atoms with van der Waals surface area (Å²) in [5, 5.41) is 12.7. The zero-order valence-corrected chi connectivity index (χ0v) is 21.1. The average Bonchev–Trinajstić information content (AvgIpc) is 2.89. The maximum atomic E-state index is 12.9. The van der Waals surface area contributed by atoms with Crippen LogP contribution in [-0.4, -0.2) is 27.1 Å². The third-order valence-corrected chi connectivity index (χ3v) is 6.19. The number of aryl methyl sites for hydroxylation is 1. The second-order valence-electron chi connectivity index (χ2n) is 9.06. The van der Waals surface area contributed by atoms with Crippen molar-refractivity contribution < 1.29 is 9.90 Å². The Morgan fingerprint density at radius 3 is 2.51 bits per heavy atom. The summed E-state index contributed by atoms with van der Waals surface area (Å²) in [5.41, 5.74) is 6.54. The first-order valence-corrected chi connectivity index (χ1v) is 12.4. The molecular formula is C31H31N3O3. The van der Waals surface area contributed by atoms with Crippen molar-refractivity contribution in [1.82, 2.24) is 14.9 Å². The van der Waals surface area contributed by atoms with Crippen LogP contribution in [0.2, 0.25) is 0 Å². The Balaban J connectivity index is 1.40. The van der Waals surface area contributed by atoms with Gasteiger partial charge in [0.15, 0.2) is 0 Å². The SMILES string of the molecule is CC/C=C(/CNC(=O)c1cncc(Cc2ccc(Cn3ccccc3=O)cc2)c1)c1ccc(O)cc1C. The molecule has 0 saturated heterocycles. The number of carbonyl (C=O) groups excluding carboxylic acids is 1. The van der Waals surface area contributed by atoms with Gasteiger partial charge in [-0.2, -0.15) is 0 Å². The van der Waals surface area contributed by atoms with Gasteiger partial charge in [-0.05, 0) is 77.4 Å². The molecule has 2 N–H and O–H groups in total. The molecule has 0 spiro atoms. The zero-order chi connectivity index (χ0) is 26.2. The van der Waals surface area contributed by atoms with Crippen molar-refractivity contribution in [3.63, 3.8) is 0 Å². The first kappa shape index (κ1) is 25.6. The number of aromatic hydroxyl groups is 1. The van der Waals surface area contributed by atoms with E-state index in [1.54, 1.807) is 47.4 Å². The van der Waals surface area contributed by atoms with E-state index in [4.69, 9.17) is 0 Å². The number of nitrogens with zero attached hydrogens (tertiary/aromatic N) is 2. The summed E-state index contributed by atoms with van der Waals surface area (Å²) in [5.74, 6) is 0.0433. The van der Waals surface area contributed by atoms with Gasteiger partial charge in [0.1, 0.15) is 5.75 Å². The fraction of sp³-hybridized carbons (Fsp3) is 0.194. The number of amides is 1. The Hall–Kier alpha value is -4.45. The molecule has 0 aliphatic carbocycles. The molecule has 2 heterocycles. The smallest absolute Gasteiger partial charge is 0.253 e. The minimum atomic E-state index is -0.184. The van der Waals surface area contributed by atoms with Gasteiger partial charge >= 0.3 is 0 Å². The maximum Gasteiger partial charge on any atom is 0.253 e. The van der Waals surface area contributed by atoms with Crippen molar-refractivity contribution in [3.05, 3.63) is 135 Å². The fourth-order valence-electron chi connectivity index (χ4n) is 4.30. The fourth-order valence-corrected chi connectivity index (χ4v) is 4.30. The normalized spacial score (nSPS) is 11.4. The van der Waals surface area contributed by atoms with E-state index >= 15 is 0 Å². The standard InChI is InChI=1S/C31H31N3O3/c1-3-6-26(29-13-12-28(35)15-22(29)2)20-33-31(37)27-17-25(18-32-19-27)16-23-8-10-24(11-9-23)21-34-14-5-4-7-30(34)36/h4-15,17-19,35H,3,16,20-21H2,1-2H3,(H,33,37)/b26-6-. The molecular weight excluding hydrogens is 462 g/mol. The molecule has 188 valence electrons. The van der Waals surface area contributed by atoms with Crippen LogP contribution < -0.4 is 10.9 Å². The second kappa shape index (κ2) is 12.0. The molecule has 0 bridgehead atoms. The van der Waals surface area contributed by atoms with Gasteiger partial charge in [0, 0.05) is 31.2 Å². The molecule has 0 unspecified atom stereocenters. The van der Waals surface area contributed by atoms with Gasteiger partial charge in [-0.3, -0.25) is 14.6 Å². The lowest BCUT2D eigenvalue weighted by atomic mass is 9.99. The molecule has 0 fully saturated rings. The van der Waals surface area contributed by atoms with Crippen LogP contribution in [0.5, 0.6) is 5.75 Å². The number of benzene rings is 2. The van der Waals surface area contributed by atoms with Crippen molar-refractivity contribution in [2.75, 3.05) is 6.54 Å². The predicted molar refractivity (Wildman–Crippen MR) is 147 cm³/mol. The van der Waals surface area contributed by atoms with Crippen LogP contribution in [0.25, 0.3) is 5.57 Å². The van der Waals surface area contributed by atoms with E-state index < -0.39 is 0 Å². The number of hydrogen-bond donors (Lipinski definition) is 2. The number of phenolic OH excluding ortho intramolecular Hbond substituents is 1. The number of aromatic nitrogens is 2. The largest absolute Gasteiger partial charge is 0.508 e. The van der Waals surface area contributed by atoms with E-state index in [0.29, 0.717) is 25.1 Å². The third-order valence-electron chi connectivity index (χ3n) is 6.19. The van der Waals surface area contributed by atoms with E-state index in [1.807, 2.05) is 49.4 Å². The van der Waals surface area contributed by atoms with Crippen LogP contribution in [0.15, 0.2) is 96.2 Å². The Kier molecular flexibility index (Phi) is 8.31. The van der Waals surface area contributed by atoms with Gasteiger partial charge in [0.2, 0.25) is 0 Å². The van der Waals surface area contributed by atoms with Crippen LogP contribution in [-0.2, 0) is 13.0 Å². The predicted octanol–water partition coefficient (Wildman–Crippen LogP) is 5.12. The van der Waals surface area contributed by atoms with Crippen LogP contribution in [0.3, 0.4) is 0 Å². The molecule has 37 heavy (non-hydrogen) atoms. The summed E-state index contributed by atoms with van der Waals surface area (Å²) < 4.78 is 1.67. The topological polar surface area (TPSA) is 84.2 Å². The van der Waals surface area contributed by atoms with E-state index in [-0.39, 0.29) is 17.2 Å². The molecule has 0 aliphatic rings. The molecule has 4 rings (SSSR count). The molecule has 1 amide bonds. The quantitative estimate of drug-likeness (QED) is 0.339. The van der Waals surface area contributed by atoms with Gasteiger partial charge < -0.3 is 15.0 Å². The summed E-state index contributed by atoms with van der Waals surface area (Å²) in [6, 6.07) is 20.4. The number of carbonyl (C=O) groups is 1. The summed E-state index contributed by atoms with van der Waals surface area (Å²) in [6.45, 7) is 4.91. The molecule has 0 saturated carbocycles. The Labute approximate surface area is 217 Å². The Morgan fingerprint density at radius 2 is 1.78 bits per heavy atom. The van der Waals surface area contributed by atoms with Crippen molar-refractivity contribution in [1.29, 1.82) is 0 Å². The monoisotopic (exact) mass is 493 g/mol. The second-order valence-corrected chi connectivity index (χ2v) is 9.06. The number of phenols is 1. The van der Waals surface area contributed by atoms with Crippen LogP contribution in [0, 0.1) is 6.92 Å². The van der Waals surface area contributed by atoms with E-state index in [0.717, 1.165) is 39.8 Å². The lowest BCUT2D eigenvalue weighted by molar-refractivity contribution is 0.0958. The van der Waals surface area contributed by atoms with Gasteiger partial charge in [0.05, 0.1) is 12.1 Å². The molecule has 6 nitrogen and oxygen atoms in total. The minimum Gasteiger partial charge on any atom is -0.508 e. The summed E-state index contributed by atoms with van der Waals surface area (Å²) in [7, 11) is 0. The lowest BCUT2D eigenvalue weighted by Crippen LogP contribution is -2.25. The molecule has 2 aromatic carbocycles. The highest BCUT2D eigenvalue weighted by molar-refractivity contribution is 5.95. The van der Waals surface area contributed by atoms with Crippen molar-refractivity contribution in [2.45, 2.75) is 33.2 Å². The van der Waals surface area contributed by atoms with E-state index in [9.17, 15) is 14.7 Å². The van der Waals surface area contributed by atoms with E-state index in [2.05, 4.69) is 23.3 Å². The first-order chi connectivity index (χ1) is 17.9. The molecule has 6 heteroatoms. The van der Waals surface area contributed by atoms with Gasteiger partial charge in [-0.15, -0.1) is 0 Å². The van der Waals surface area contributed by atoms with Crippen LogP contribution in [0.4, 0.5) is 0 Å². The minimum absolute atomic E-state index is 0.0248. The van der Waals surface area contributed by atoms with Crippen molar-refractivity contribution in [2.24, 2.45) is 0 Å². The number of rotatable bonds is 9. The highest BCUT2D eigenvalue weighted by atomic mass is 16.3. The van der Waals surface area contributed by atoms with Gasteiger partial charge in [-0.1, -0.05) is 49.4 Å². The average molecular weight is 494 g/mol. The van der Waals surface area contributed by atoms with Gasteiger partial charge in [-0.25, -0.2) is 0 Å². The Bertz CT molecular complexity index is 1470. The number of nitrogens with one attached hydrogen (secondary N) is 1. The molecule has 0 radical (unpaired) electrons. The zero-order valence-electron chi connectivity index (χ0n) is 21.1. The van der Waals surface area contributed by atoms with Crippen molar-refractivity contribution >= 4 is 11.5 Å². The molecule has 0 aliphatic heterocycles. The molecule has 2 aromatic heterocycles.